The standard InChI is InChI=1S/C44H44N2.C40H36N2O4/c1-29-9-21-41(33(5)25-29)45(42-22-10-30(2)26-34(42)6)39-17-13-37(14-18-39)38-15-19-40(20-16-38)46(43-23-11-31(3)27-35(43)7)44-24-12-32(4)28-36(44)8;1-43-37-21-13-33(14-22-37)41(34-15-23-38(44-2)24-16-34)31-9-5-29(6-10-31)30-7-11-32(12-8-30)42(35-17-25-39(45-3)26-18-35)36-19-27-40(46-4)28-20-36/h9-28H,1-8H3;5-28H,1-4H3. The molecule has 0 aliphatic carbocycles. The molecule has 0 unspecified atom stereocenters. The monoisotopic (exact) mass is 1210 g/mol. The lowest BCUT2D eigenvalue weighted by atomic mass is 10.0. The van der Waals surface area contributed by atoms with E-state index in [0.717, 1.165) is 79.6 Å². The Bertz CT molecular complexity index is 3950. The summed E-state index contributed by atoms with van der Waals surface area (Å²) in [4.78, 5) is 9.21. The zero-order chi connectivity index (χ0) is 64.4. The predicted octanol–water partition coefficient (Wildman–Crippen LogP) is 23.1. The Kier molecular flexibility index (Phi) is 19.2. The van der Waals surface area contributed by atoms with E-state index < -0.39 is 0 Å². The van der Waals surface area contributed by atoms with Gasteiger partial charge in [0.2, 0.25) is 0 Å². The maximum Gasteiger partial charge on any atom is 0.119 e. The van der Waals surface area contributed by atoms with Crippen LogP contribution in [0.5, 0.6) is 23.0 Å². The number of nitrogens with zero attached hydrogens (tertiary/aromatic N) is 4. The van der Waals surface area contributed by atoms with Crippen molar-refractivity contribution in [1.82, 2.24) is 0 Å². The van der Waals surface area contributed by atoms with Crippen LogP contribution in [0.4, 0.5) is 68.2 Å². The van der Waals surface area contributed by atoms with Gasteiger partial charge in [0.1, 0.15) is 23.0 Å². The van der Waals surface area contributed by atoms with E-state index in [1.807, 2.05) is 48.5 Å². The first-order valence-corrected chi connectivity index (χ1v) is 31.2. The zero-order valence-corrected chi connectivity index (χ0v) is 54.8. The maximum atomic E-state index is 5.40. The van der Waals surface area contributed by atoms with Gasteiger partial charge in [-0.2, -0.15) is 0 Å². The molecule has 0 fully saturated rings. The van der Waals surface area contributed by atoms with Crippen molar-refractivity contribution in [2.24, 2.45) is 0 Å². The Labute approximate surface area is 544 Å². The lowest BCUT2D eigenvalue weighted by Crippen LogP contribution is -2.13. The van der Waals surface area contributed by atoms with Crippen molar-refractivity contribution in [2.75, 3.05) is 48.0 Å². The summed E-state index contributed by atoms with van der Waals surface area (Å²) >= 11 is 0. The third-order valence-corrected chi connectivity index (χ3v) is 16.9. The molecule has 0 saturated carbocycles. The van der Waals surface area contributed by atoms with Gasteiger partial charge in [-0.15, -0.1) is 0 Å². The molecule has 8 nitrogen and oxygen atoms in total. The second kappa shape index (κ2) is 28.3. The molecule has 460 valence electrons. The Morgan fingerprint density at radius 3 is 0.511 bits per heavy atom. The van der Waals surface area contributed by atoms with Crippen LogP contribution in [0.3, 0.4) is 0 Å². The van der Waals surface area contributed by atoms with Gasteiger partial charge < -0.3 is 38.5 Å². The Hall–Kier alpha value is -11.0. The number of benzene rings is 12. The van der Waals surface area contributed by atoms with E-state index in [1.165, 1.54) is 78.4 Å². The van der Waals surface area contributed by atoms with Crippen molar-refractivity contribution < 1.29 is 18.9 Å². The summed E-state index contributed by atoms with van der Waals surface area (Å²) in [5.74, 6) is 3.26. The van der Waals surface area contributed by atoms with Crippen LogP contribution in [-0.4, -0.2) is 28.4 Å². The minimum atomic E-state index is 0.815. The van der Waals surface area contributed by atoms with Crippen molar-refractivity contribution in [3.8, 4) is 45.3 Å². The largest absolute Gasteiger partial charge is 0.497 e. The molecular formula is C84H80N4O4. The highest BCUT2D eigenvalue weighted by molar-refractivity contribution is 5.85. The first kappa shape index (κ1) is 62.6. The first-order valence-electron chi connectivity index (χ1n) is 31.2. The molecule has 0 saturated heterocycles. The summed E-state index contributed by atoms with van der Waals surface area (Å²) < 4.78 is 21.6. The summed E-state index contributed by atoms with van der Waals surface area (Å²) in [6.07, 6.45) is 0. The van der Waals surface area contributed by atoms with E-state index in [0.29, 0.717) is 0 Å². The van der Waals surface area contributed by atoms with E-state index >= 15 is 0 Å². The molecule has 0 spiro atoms. The number of ether oxygens (including phenoxy) is 4. The van der Waals surface area contributed by atoms with Crippen molar-refractivity contribution in [1.29, 1.82) is 0 Å². The molecule has 0 bridgehead atoms. The lowest BCUT2D eigenvalue weighted by molar-refractivity contribution is 0.414. The molecule has 92 heavy (non-hydrogen) atoms. The highest BCUT2D eigenvalue weighted by Crippen LogP contribution is 2.44. The normalized spacial score (nSPS) is 10.8. The summed E-state index contributed by atoms with van der Waals surface area (Å²) in [7, 11) is 6.71. The predicted molar refractivity (Wildman–Crippen MR) is 387 cm³/mol. The summed E-state index contributed by atoms with van der Waals surface area (Å²) in [6, 6.07) is 94.4. The van der Waals surface area contributed by atoms with Crippen molar-refractivity contribution in [3.05, 3.63) is 311 Å². The van der Waals surface area contributed by atoms with Crippen LogP contribution in [0.2, 0.25) is 0 Å². The minimum absolute atomic E-state index is 0.815. The topological polar surface area (TPSA) is 49.9 Å². The van der Waals surface area contributed by atoms with E-state index in [2.05, 4.69) is 293 Å². The van der Waals surface area contributed by atoms with E-state index in [4.69, 9.17) is 18.9 Å². The van der Waals surface area contributed by atoms with Gasteiger partial charge in [0, 0.05) is 68.2 Å². The third kappa shape index (κ3) is 14.1. The number of rotatable bonds is 18. The molecule has 0 amide bonds. The third-order valence-electron chi connectivity index (χ3n) is 16.9. The molecule has 0 N–H and O–H groups in total. The lowest BCUT2D eigenvalue weighted by Gasteiger charge is -2.29. The Morgan fingerprint density at radius 2 is 0.348 bits per heavy atom. The van der Waals surface area contributed by atoms with Crippen LogP contribution in [0.1, 0.15) is 44.5 Å². The molecule has 12 rings (SSSR count). The second-order valence-electron chi connectivity index (χ2n) is 23.5. The van der Waals surface area contributed by atoms with Crippen LogP contribution in [0.15, 0.2) is 267 Å². The average Bonchev–Trinajstić information content (AvgIpc) is 0.850. The molecule has 0 atom stereocenters. The van der Waals surface area contributed by atoms with Gasteiger partial charge in [-0.25, -0.2) is 0 Å². The van der Waals surface area contributed by atoms with Gasteiger partial charge in [-0.05, 0) is 270 Å². The van der Waals surface area contributed by atoms with Crippen molar-refractivity contribution in [3.63, 3.8) is 0 Å². The number of hydrogen-bond acceptors (Lipinski definition) is 8. The quantitative estimate of drug-likeness (QED) is 0.0842. The van der Waals surface area contributed by atoms with Crippen LogP contribution < -0.4 is 38.5 Å². The molecule has 0 heterocycles. The van der Waals surface area contributed by atoms with Crippen LogP contribution in [0, 0.1) is 55.4 Å². The zero-order valence-electron chi connectivity index (χ0n) is 54.8. The smallest absolute Gasteiger partial charge is 0.119 e. The molecule has 12 aromatic rings. The molecule has 8 heteroatoms. The highest BCUT2D eigenvalue weighted by atomic mass is 16.5. The number of hydrogen-bond donors (Lipinski definition) is 0. The van der Waals surface area contributed by atoms with Gasteiger partial charge in [0.15, 0.2) is 0 Å². The molecule has 0 radical (unpaired) electrons. The summed E-state index contributed by atoms with van der Waals surface area (Å²) in [6.45, 7) is 17.4. The molecule has 12 aromatic carbocycles. The number of anilines is 12. The molecule has 0 aliphatic rings. The van der Waals surface area contributed by atoms with Crippen LogP contribution >= 0.6 is 0 Å². The van der Waals surface area contributed by atoms with E-state index in [1.54, 1.807) is 28.4 Å². The van der Waals surface area contributed by atoms with Crippen LogP contribution in [-0.2, 0) is 0 Å². The van der Waals surface area contributed by atoms with E-state index in [9.17, 15) is 0 Å². The Morgan fingerprint density at radius 1 is 0.185 bits per heavy atom. The van der Waals surface area contributed by atoms with Gasteiger partial charge in [0.05, 0.1) is 28.4 Å². The van der Waals surface area contributed by atoms with Gasteiger partial charge >= 0.3 is 0 Å². The molecule has 0 aromatic heterocycles. The summed E-state index contributed by atoms with van der Waals surface area (Å²) in [5, 5.41) is 0. The highest BCUT2D eigenvalue weighted by Gasteiger charge is 2.21. The SMILES string of the molecule is COc1ccc(N(c2ccc(OC)cc2)c2ccc(-c3ccc(N(c4ccc(OC)cc4)c4ccc(OC)cc4)cc3)cc2)cc1.Cc1ccc(N(c2ccc(-c3ccc(N(c4ccc(C)cc4C)c4ccc(C)cc4C)cc3)cc2)c2ccc(C)cc2C)c(C)c1. The fourth-order valence-corrected chi connectivity index (χ4v) is 12.1. The van der Waals surface area contributed by atoms with Gasteiger partial charge in [-0.3, -0.25) is 0 Å². The second-order valence-corrected chi connectivity index (χ2v) is 23.5. The fourth-order valence-electron chi connectivity index (χ4n) is 12.1. The average molecular weight is 1210 g/mol. The summed E-state index contributed by atoms with van der Waals surface area (Å²) in [5.41, 5.74) is 28.1. The minimum Gasteiger partial charge on any atom is -0.497 e. The fraction of sp³-hybridized carbons (Fsp3) is 0.143. The molecule has 0 aliphatic heterocycles. The van der Waals surface area contributed by atoms with Crippen LogP contribution in [0.25, 0.3) is 22.3 Å². The van der Waals surface area contributed by atoms with E-state index in [-0.39, 0.29) is 0 Å². The van der Waals surface area contributed by atoms with Crippen molar-refractivity contribution in [2.45, 2.75) is 55.4 Å². The first-order chi connectivity index (χ1) is 44.7. The van der Waals surface area contributed by atoms with Gasteiger partial charge in [0.25, 0.3) is 0 Å². The van der Waals surface area contributed by atoms with Gasteiger partial charge in [-0.1, -0.05) is 119 Å². The molecular weight excluding hydrogens is 1130 g/mol. The maximum absolute atomic E-state index is 5.40. The Balaban J connectivity index is 0.000000188. The number of methoxy groups -OCH3 is 4. The van der Waals surface area contributed by atoms with Crippen molar-refractivity contribution >= 4 is 68.2 Å². The number of aryl methyl sites for hydroxylation is 8.